The molecule has 0 heterocycles. The zero-order valence-electron chi connectivity index (χ0n) is 12.0. The van der Waals surface area contributed by atoms with Crippen LogP contribution in [0, 0.1) is 0 Å². The molecule has 0 saturated heterocycles. The van der Waals surface area contributed by atoms with Crippen LogP contribution in [0.25, 0.3) is 0 Å². The molecule has 0 radical (unpaired) electrons. The third kappa shape index (κ3) is 6.94. The molecule has 0 aliphatic heterocycles. The van der Waals surface area contributed by atoms with Crippen LogP contribution in [-0.4, -0.2) is 30.7 Å². The van der Waals surface area contributed by atoms with Gasteiger partial charge >= 0.3 is 0 Å². The molecule has 0 aliphatic carbocycles. The van der Waals surface area contributed by atoms with Crippen molar-refractivity contribution in [1.29, 1.82) is 0 Å². The maximum Gasteiger partial charge on any atom is 0.239 e. The summed E-state index contributed by atoms with van der Waals surface area (Å²) in [5, 5.41) is 2.82. The quantitative estimate of drug-likeness (QED) is 0.818. The van der Waals surface area contributed by atoms with Crippen molar-refractivity contribution >= 4 is 5.91 Å². The Morgan fingerprint density at radius 3 is 2.53 bits per heavy atom. The lowest BCUT2D eigenvalue weighted by Gasteiger charge is -2.22. The lowest BCUT2D eigenvalue weighted by Crippen LogP contribution is -2.45. The normalized spacial score (nSPS) is 13.1. The lowest BCUT2D eigenvalue weighted by molar-refractivity contribution is -0.125. The smallest absolute Gasteiger partial charge is 0.239 e. The second-order valence-corrected chi connectivity index (χ2v) is 5.56. The Labute approximate surface area is 115 Å². The van der Waals surface area contributed by atoms with Crippen LogP contribution in [0.3, 0.4) is 0 Å². The van der Waals surface area contributed by atoms with Gasteiger partial charge in [-0.05, 0) is 32.8 Å². The van der Waals surface area contributed by atoms with Crippen LogP contribution in [0.1, 0.15) is 26.3 Å². The highest BCUT2D eigenvalue weighted by Gasteiger charge is 2.17. The summed E-state index contributed by atoms with van der Waals surface area (Å²) in [6.07, 6.45) is 0.805. The van der Waals surface area contributed by atoms with E-state index in [-0.39, 0.29) is 18.1 Å². The molecule has 4 heteroatoms. The van der Waals surface area contributed by atoms with Gasteiger partial charge in [-0.2, -0.15) is 0 Å². The number of hydrogen-bond donors (Lipinski definition) is 2. The first-order valence-electron chi connectivity index (χ1n) is 6.59. The number of hydrogen-bond acceptors (Lipinski definition) is 3. The number of nitrogens with two attached hydrogens (primary N) is 1. The van der Waals surface area contributed by atoms with Crippen LogP contribution >= 0.6 is 0 Å². The molecule has 0 fully saturated rings. The summed E-state index contributed by atoms with van der Waals surface area (Å²) in [6, 6.07) is 9.40. The highest BCUT2D eigenvalue weighted by Crippen LogP contribution is 2.06. The van der Waals surface area contributed by atoms with Gasteiger partial charge in [-0.3, -0.25) is 4.79 Å². The number of amides is 1. The van der Waals surface area contributed by atoms with Crippen molar-refractivity contribution in [3.63, 3.8) is 0 Å². The first-order chi connectivity index (χ1) is 8.88. The van der Waals surface area contributed by atoms with E-state index in [9.17, 15) is 4.79 Å². The number of carbonyl (C=O) groups is 1. The summed E-state index contributed by atoms with van der Waals surface area (Å²) < 4.78 is 5.49. The van der Waals surface area contributed by atoms with E-state index < -0.39 is 6.04 Å². The van der Waals surface area contributed by atoms with Crippen LogP contribution in [0.4, 0.5) is 0 Å². The van der Waals surface area contributed by atoms with Crippen LogP contribution < -0.4 is 11.1 Å². The van der Waals surface area contributed by atoms with Gasteiger partial charge in [0.25, 0.3) is 0 Å². The van der Waals surface area contributed by atoms with Crippen LogP contribution in [0.5, 0.6) is 0 Å². The minimum Gasteiger partial charge on any atom is -0.374 e. The first kappa shape index (κ1) is 15.7. The van der Waals surface area contributed by atoms with Crippen molar-refractivity contribution in [3.05, 3.63) is 35.9 Å². The van der Waals surface area contributed by atoms with E-state index in [0.29, 0.717) is 6.54 Å². The van der Waals surface area contributed by atoms with Crippen molar-refractivity contribution in [3.8, 4) is 0 Å². The van der Waals surface area contributed by atoms with E-state index in [1.165, 1.54) is 5.56 Å². The van der Waals surface area contributed by atoms with Crippen LogP contribution in [0.15, 0.2) is 30.3 Å². The molecule has 106 valence electrons. The molecule has 4 nitrogen and oxygen atoms in total. The molecule has 1 atom stereocenters. The van der Waals surface area contributed by atoms with Gasteiger partial charge in [-0.1, -0.05) is 30.3 Å². The summed E-state index contributed by atoms with van der Waals surface area (Å²) in [6.45, 7) is 6.64. The molecule has 19 heavy (non-hydrogen) atoms. The fourth-order valence-electron chi connectivity index (χ4n) is 1.52. The van der Waals surface area contributed by atoms with E-state index in [4.69, 9.17) is 10.5 Å². The first-order valence-corrected chi connectivity index (χ1v) is 6.59. The minimum absolute atomic E-state index is 0.166. The fraction of sp³-hybridized carbons (Fsp3) is 0.533. The summed E-state index contributed by atoms with van der Waals surface area (Å²) in [5.74, 6) is -0.166. The van der Waals surface area contributed by atoms with E-state index in [0.717, 1.165) is 6.42 Å². The molecule has 0 saturated carbocycles. The monoisotopic (exact) mass is 264 g/mol. The van der Waals surface area contributed by atoms with E-state index in [1.807, 2.05) is 51.1 Å². The summed E-state index contributed by atoms with van der Waals surface area (Å²) in [5.41, 5.74) is 6.69. The van der Waals surface area contributed by atoms with Gasteiger partial charge < -0.3 is 15.8 Å². The van der Waals surface area contributed by atoms with Crippen molar-refractivity contribution in [1.82, 2.24) is 5.32 Å². The highest BCUT2D eigenvalue weighted by atomic mass is 16.5. The van der Waals surface area contributed by atoms with Crippen molar-refractivity contribution in [2.24, 2.45) is 5.73 Å². The third-order valence-electron chi connectivity index (χ3n) is 2.59. The van der Waals surface area contributed by atoms with E-state index >= 15 is 0 Å². The number of ether oxygens (including phenoxy) is 1. The molecule has 1 aromatic rings. The number of carbonyl (C=O) groups excluding carboxylic acids is 1. The largest absolute Gasteiger partial charge is 0.374 e. The van der Waals surface area contributed by atoms with Crippen LogP contribution in [0.2, 0.25) is 0 Å². The van der Waals surface area contributed by atoms with Gasteiger partial charge in [0, 0.05) is 6.54 Å². The topological polar surface area (TPSA) is 64.3 Å². The van der Waals surface area contributed by atoms with Crippen molar-refractivity contribution in [2.45, 2.75) is 38.8 Å². The Morgan fingerprint density at radius 2 is 1.95 bits per heavy atom. The summed E-state index contributed by atoms with van der Waals surface area (Å²) >= 11 is 0. The summed E-state index contributed by atoms with van der Waals surface area (Å²) in [4.78, 5) is 11.7. The Morgan fingerprint density at radius 1 is 1.32 bits per heavy atom. The van der Waals surface area contributed by atoms with Gasteiger partial charge in [0.15, 0.2) is 0 Å². The summed E-state index contributed by atoms with van der Waals surface area (Å²) in [7, 11) is 0. The minimum atomic E-state index is -0.616. The third-order valence-corrected chi connectivity index (χ3v) is 2.59. The number of benzene rings is 1. The molecule has 0 aliphatic rings. The maximum atomic E-state index is 11.7. The zero-order valence-corrected chi connectivity index (χ0v) is 12.0. The predicted molar refractivity (Wildman–Crippen MR) is 76.8 cm³/mol. The van der Waals surface area contributed by atoms with E-state index in [1.54, 1.807) is 0 Å². The molecule has 0 bridgehead atoms. The van der Waals surface area contributed by atoms with Gasteiger partial charge in [0.2, 0.25) is 5.91 Å². The second kappa shape index (κ2) is 7.26. The molecular formula is C15H24N2O2. The second-order valence-electron chi connectivity index (χ2n) is 5.56. The lowest BCUT2D eigenvalue weighted by atomic mass is 10.1. The molecule has 1 rings (SSSR count). The highest BCUT2D eigenvalue weighted by molar-refractivity contribution is 5.81. The van der Waals surface area contributed by atoms with Gasteiger partial charge in [0.05, 0.1) is 12.2 Å². The zero-order chi connectivity index (χ0) is 14.3. The van der Waals surface area contributed by atoms with Gasteiger partial charge in [-0.15, -0.1) is 0 Å². The fourth-order valence-corrected chi connectivity index (χ4v) is 1.52. The van der Waals surface area contributed by atoms with Gasteiger partial charge in [0.1, 0.15) is 6.04 Å². The maximum absolute atomic E-state index is 11.7. The Bertz CT molecular complexity index is 385. The van der Waals surface area contributed by atoms with E-state index in [2.05, 4.69) is 5.32 Å². The molecule has 1 amide bonds. The predicted octanol–water partition coefficient (Wildman–Crippen LogP) is 1.49. The standard InChI is InChI=1S/C15H24N2O2/c1-15(2,3)19-11-13(16)14(18)17-10-9-12-7-5-4-6-8-12/h4-8,13H,9-11,16H2,1-3H3,(H,17,18)/t13-/m0/s1. The Hall–Kier alpha value is -1.39. The Kier molecular flexibility index (Phi) is 5.99. The SMILES string of the molecule is CC(C)(C)OC[C@H](N)C(=O)NCCc1ccccc1. The molecule has 0 unspecified atom stereocenters. The molecule has 0 aromatic heterocycles. The molecule has 1 aromatic carbocycles. The average Bonchev–Trinajstić information content (AvgIpc) is 2.36. The van der Waals surface area contributed by atoms with Crippen molar-refractivity contribution in [2.75, 3.05) is 13.2 Å². The number of rotatable bonds is 6. The van der Waals surface area contributed by atoms with Crippen LogP contribution in [-0.2, 0) is 16.0 Å². The van der Waals surface area contributed by atoms with Crippen molar-refractivity contribution < 1.29 is 9.53 Å². The number of nitrogens with one attached hydrogen (secondary N) is 1. The Balaban J connectivity index is 2.23. The van der Waals surface area contributed by atoms with Gasteiger partial charge in [-0.25, -0.2) is 0 Å². The molecule has 3 N–H and O–H groups in total. The molecule has 0 spiro atoms. The molecular weight excluding hydrogens is 240 g/mol. The average molecular weight is 264 g/mol.